The lowest BCUT2D eigenvalue weighted by molar-refractivity contribution is -0.119. The molecule has 1 aromatic carbocycles. The Labute approximate surface area is 180 Å². The van der Waals surface area contributed by atoms with Crippen LogP contribution in [0.5, 0.6) is 0 Å². The molecule has 5 heteroatoms. The van der Waals surface area contributed by atoms with E-state index in [0.29, 0.717) is 23.8 Å². The number of ether oxygens (including phenoxy) is 1. The van der Waals surface area contributed by atoms with E-state index in [1.165, 1.54) is 0 Å². The van der Waals surface area contributed by atoms with Gasteiger partial charge in [-0.05, 0) is 61.3 Å². The minimum absolute atomic E-state index is 0.182. The number of allylic oxidation sites excluding steroid dienone is 3. The summed E-state index contributed by atoms with van der Waals surface area (Å²) in [6, 6.07) is 10.4. The summed E-state index contributed by atoms with van der Waals surface area (Å²) in [6.07, 6.45) is 4.70. The molecule has 30 heavy (non-hydrogen) atoms. The maximum Gasteiger partial charge on any atom is 0.226 e. The number of nitrogens with two attached hydrogens (primary N) is 1. The van der Waals surface area contributed by atoms with Gasteiger partial charge in [0, 0.05) is 24.6 Å². The van der Waals surface area contributed by atoms with E-state index < -0.39 is 0 Å². The van der Waals surface area contributed by atoms with Gasteiger partial charge < -0.3 is 15.4 Å². The zero-order valence-electron chi connectivity index (χ0n) is 18.6. The highest BCUT2D eigenvalue weighted by atomic mass is 16.5. The Bertz CT molecular complexity index is 890. The van der Waals surface area contributed by atoms with E-state index in [0.717, 1.165) is 54.8 Å². The van der Waals surface area contributed by atoms with Crippen LogP contribution in [0.3, 0.4) is 0 Å². The number of hydrogen-bond donors (Lipinski definition) is 1. The Hall–Kier alpha value is -2.74. The van der Waals surface area contributed by atoms with Gasteiger partial charge in [-0.2, -0.15) is 5.26 Å². The monoisotopic (exact) mass is 407 g/mol. The van der Waals surface area contributed by atoms with E-state index in [-0.39, 0.29) is 17.7 Å². The first-order valence-electron chi connectivity index (χ1n) is 11.1. The van der Waals surface area contributed by atoms with Gasteiger partial charge in [-0.3, -0.25) is 4.79 Å². The number of carbonyl (C=O) groups excluding carboxylic acids is 1. The topological polar surface area (TPSA) is 79.3 Å². The minimum Gasteiger partial charge on any atom is -0.445 e. The standard InChI is InChI=1S/C25H33N3O2/c1-5-8-20(16(2)3)23-17(4)30-25(27)21(15-26)24(23)18-10-12-19(13-11-18)28-14-7-6-9-22(28)29/h10-13,16,20,24H,5-9,14,27H2,1-4H3. The van der Waals surface area contributed by atoms with Crippen LogP contribution in [0.1, 0.15) is 71.3 Å². The number of rotatable bonds is 6. The van der Waals surface area contributed by atoms with Crippen molar-refractivity contribution in [2.45, 2.75) is 65.7 Å². The van der Waals surface area contributed by atoms with Crippen LogP contribution in [-0.4, -0.2) is 12.5 Å². The van der Waals surface area contributed by atoms with E-state index in [1.54, 1.807) is 0 Å². The van der Waals surface area contributed by atoms with Gasteiger partial charge in [-0.25, -0.2) is 0 Å². The second-order valence-corrected chi connectivity index (χ2v) is 8.67. The number of hydrogen-bond acceptors (Lipinski definition) is 4. The molecule has 0 radical (unpaired) electrons. The van der Waals surface area contributed by atoms with Gasteiger partial charge in [-0.1, -0.05) is 39.3 Å². The molecule has 1 saturated heterocycles. The molecule has 5 nitrogen and oxygen atoms in total. The SMILES string of the molecule is CCCC(C1=C(C)OC(N)=C(C#N)C1c1ccc(N2CCCCC2=O)cc1)C(C)C. The number of nitriles is 1. The number of benzene rings is 1. The van der Waals surface area contributed by atoms with Gasteiger partial charge in [0.2, 0.25) is 11.8 Å². The quantitative estimate of drug-likeness (QED) is 0.689. The fourth-order valence-electron chi connectivity index (χ4n) is 4.81. The Morgan fingerprint density at radius 1 is 1.27 bits per heavy atom. The lowest BCUT2D eigenvalue weighted by Crippen LogP contribution is -2.35. The number of amides is 1. The van der Waals surface area contributed by atoms with Crippen LogP contribution < -0.4 is 10.6 Å². The predicted molar refractivity (Wildman–Crippen MR) is 119 cm³/mol. The Morgan fingerprint density at radius 3 is 2.53 bits per heavy atom. The molecule has 0 bridgehead atoms. The highest BCUT2D eigenvalue weighted by molar-refractivity contribution is 5.94. The van der Waals surface area contributed by atoms with Gasteiger partial charge in [-0.15, -0.1) is 0 Å². The molecule has 1 fully saturated rings. The molecule has 2 heterocycles. The zero-order chi connectivity index (χ0) is 21.8. The van der Waals surface area contributed by atoms with Gasteiger partial charge in [0.25, 0.3) is 0 Å². The fraction of sp³-hybridized carbons (Fsp3) is 0.520. The predicted octanol–water partition coefficient (Wildman–Crippen LogP) is 5.36. The van der Waals surface area contributed by atoms with Crippen LogP contribution in [-0.2, 0) is 9.53 Å². The van der Waals surface area contributed by atoms with Crippen molar-refractivity contribution in [1.82, 2.24) is 0 Å². The van der Waals surface area contributed by atoms with Crippen LogP contribution in [0.4, 0.5) is 5.69 Å². The smallest absolute Gasteiger partial charge is 0.226 e. The molecule has 0 saturated carbocycles. The van der Waals surface area contributed by atoms with Crippen molar-refractivity contribution < 1.29 is 9.53 Å². The van der Waals surface area contributed by atoms with E-state index in [2.05, 4.69) is 26.8 Å². The number of nitrogens with zero attached hydrogens (tertiary/aromatic N) is 2. The highest BCUT2D eigenvalue weighted by Crippen LogP contribution is 2.46. The second kappa shape index (κ2) is 9.38. The van der Waals surface area contributed by atoms with Gasteiger partial charge >= 0.3 is 0 Å². The van der Waals surface area contributed by atoms with Gasteiger partial charge in [0.1, 0.15) is 17.4 Å². The molecule has 2 aliphatic heterocycles. The van der Waals surface area contributed by atoms with Crippen LogP contribution in [0.2, 0.25) is 0 Å². The minimum atomic E-state index is -0.214. The van der Waals surface area contributed by atoms with Crippen molar-refractivity contribution >= 4 is 11.6 Å². The van der Waals surface area contributed by atoms with Crippen molar-refractivity contribution in [2.24, 2.45) is 17.6 Å². The van der Waals surface area contributed by atoms with E-state index in [9.17, 15) is 10.1 Å². The molecular formula is C25H33N3O2. The summed E-state index contributed by atoms with van der Waals surface area (Å²) >= 11 is 0. The van der Waals surface area contributed by atoms with Crippen molar-refractivity contribution in [3.8, 4) is 6.07 Å². The lowest BCUT2D eigenvalue weighted by Gasteiger charge is -2.35. The first-order chi connectivity index (χ1) is 14.4. The number of anilines is 1. The summed E-state index contributed by atoms with van der Waals surface area (Å²) < 4.78 is 5.83. The summed E-state index contributed by atoms with van der Waals surface area (Å²) in [7, 11) is 0. The zero-order valence-corrected chi connectivity index (χ0v) is 18.6. The van der Waals surface area contributed by atoms with Crippen LogP contribution in [0.25, 0.3) is 0 Å². The Kier molecular flexibility index (Phi) is 6.87. The van der Waals surface area contributed by atoms with Crippen LogP contribution in [0, 0.1) is 23.2 Å². The summed E-state index contributed by atoms with van der Waals surface area (Å²) in [5, 5.41) is 9.90. The van der Waals surface area contributed by atoms with Gasteiger partial charge in [0.05, 0.1) is 0 Å². The molecule has 1 aromatic rings. The highest BCUT2D eigenvalue weighted by Gasteiger charge is 2.36. The summed E-state index contributed by atoms with van der Waals surface area (Å²) in [4.78, 5) is 14.2. The third-order valence-electron chi connectivity index (χ3n) is 6.32. The third-order valence-corrected chi connectivity index (χ3v) is 6.32. The molecule has 160 valence electrons. The molecular weight excluding hydrogens is 374 g/mol. The van der Waals surface area contributed by atoms with Crippen molar-refractivity contribution in [1.29, 1.82) is 5.26 Å². The third kappa shape index (κ3) is 4.23. The van der Waals surface area contributed by atoms with Crippen LogP contribution >= 0.6 is 0 Å². The molecule has 0 aromatic heterocycles. The maximum atomic E-state index is 12.3. The van der Waals surface area contributed by atoms with Crippen molar-refractivity contribution in [2.75, 3.05) is 11.4 Å². The van der Waals surface area contributed by atoms with Crippen molar-refractivity contribution in [3.05, 3.63) is 52.6 Å². The molecule has 2 aliphatic rings. The first kappa shape index (κ1) is 22.0. The van der Waals surface area contributed by atoms with Crippen molar-refractivity contribution in [3.63, 3.8) is 0 Å². The normalized spacial score (nSPS) is 21.0. The van der Waals surface area contributed by atoms with Crippen LogP contribution in [0.15, 0.2) is 47.1 Å². The molecule has 2 unspecified atom stereocenters. The molecule has 1 amide bonds. The Balaban J connectivity index is 2.03. The molecule has 2 N–H and O–H groups in total. The fourth-order valence-corrected chi connectivity index (χ4v) is 4.81. The average Bonchev–Trinajstić information content (AvgIpc) is 2.72. The van der Waals surface area contributed by atoms with E-state index >= 15 is 0 Å². The van der Waals surface area contributed by atoms with E-state index in [1.807, 2.05) is 36.1 Å². The Morgan fingerprint density at radius 2 is 1.97 bits per heavy atom. The molecule has 2 atom stereocenters. The average molecular weight is 408 g/mol. The summed E-state index contributed by atoms with van der Waals surface area (Å²) in [6.45, 7) is 9.34. The maximum absolute atomic E-state index is 12.3. The molecule has 0 aliphatic carbocycles. The largest absolute Gasteiger partial charge is 0.445 e. The van der Waals surface area contributed by atoms with E-state index in [4.69, 9.17) is 10.5 Å². The number of carbonyl (C=O) groups is 1. The lowest BCUT2D eigenvalue weighted by atomic mass is 9.72. The van der Waals surface area contributed by atoms with Gasteiger partial charge in [0.15, 0.2) is 0 Å². The molecule has 0 spiro atoms. The summed E-state index contributed by atoms with van der Waals surface area (Å²) in [5.41, 5.74) is 9.69. The number of piperidine rings is 1. The second-order valence-electron chi connectivity index (χ2n) is 8.67. The first-order valence-corrected chi connectivity index (χ1v) is 11.1. The molecule has 3 rings (SSSR count). The summed E-state index contributed by atoms with van der Waals surface area (Å²) in [5.74, 6) is 1.69.